The van der Waals surface area contributed by atoms with Gasteiger partial charge in [0.15, 0.2) is 0 Å². The van der Waals surface area contributed by atoms with Crippen molar-refractivity contribution in [2.45, 2.75) is 26.1 Å². The van der Waals surface area contributed by atoms with Crippen molar-refractivity contribution in [3.05, 3.63) is 47.1 Å². The summed E-state index contributed by atoms with van der Waals surface area (Å²) in [7, 11) is 0. The molecule has 0 spiro atoms. The van der Waals surface area contributed by atoms with Crippen LogP contribution in [0.1, 0.15) is 24.2 Å². The average molecular weight is 362 g/mol. The summed E-state index contributed by atoms with van der Waals surface area (Å²) in [5.74, 6) is 0.482. The van der Waals surface area contributed by atoms with E-state index in [1.54, 1.807) is 6.20 Å². The molecular formula is C18H20ClN3O3. The Morgan fingerprint density at radius 1 is 1.28 bits per heavy atom. The molecule has 2 aromatic rings. The lowest BCUT2D eigenvalue weighted by atomic mass is 10.2. The number of benzene rings is 1. The van der Waals surface area contributed by atoms with Crippen LogP contribution in [-0.4, -0.2) is 41.3 Å². The summed E-state index contributed by atoms with van der Waals surface area (Å²) in [5.41, 5.74) is 0.954. The van der Waals surface area contributed by atoms with E-state index < -0.39 is 0 Å². The zero-order chi connectivity index (χ0) is 18.0. The summed E-state index contributed by atoms with van der Waals surface area (Å²) in [4.78, 5) is 18.9. The molecule has 1 aromatic heterocycles. The molecule has 132 valence electrons. The maximum Gasteiger partial charge on any atom is 0.255 e. The molecule has 3 rings (SSSR count). The van der Waals surface area contributed by atoms with E-state index in [2.05, 4.69) is 15.2 Å². The van der Waals surface area contributed by atoms with Crippen molar-refractivity contribution in [2.75, 3.05) is 23.3 Å². The van der Waals surface area contributed by atoms with Crippen molar-refractivity contribution in [1.29, 1.82) is 0 Å². The third-order valence-corrected chi connectivity index (χ3v) is 4.26. The normalized spacial score (nSPS) is 20.4. The van der Waals surface area contributed by atoms with Gasteiger partial charge in [-0.3, -0.25) is 4.79 Å². The number of morpholine rings is 1. The molecule has 6 nitrogen and oxygen atoms in total. The Balaban J connectivity index is 1.68. The SMILES string of the molecule is C[C@H]1CN(c2ccc(NC(=O)c3ccc(O)c(Cl)c3)cn2)C[C@H](C)O1. The number of carbonyl (C=O) groups is 1. The second-order valence-corrected chi connectivity index (χ2v) is 6.59. The number of phenolic OH excluding ortho intramolecular Hbond substituents is 1. The van der Waals surface area contributed by atoms with Crippen molar-refractivity contribution in [3.8, 4) is 5.75 Å². The van der Waals surface area contributed by atoms with Crippen molar-refractivity contribution >= 4 is 29.0 Å². The molecule has 1 fully saturated rings. The zero-order valence-electron chi connectivity index (χ0n) is 14.1. The maximum atomic E-state index is 12.2. The van der Waals surface area contributed by atoms with Gasteiger partial charge in [-0.25, -0.2) is 4.98 Å². The standard InChI is InChI=1S/C18H20ClN3O3/c1-11-9-22(10-12(2)25-11)17-6-4-14(8-20-17)21-18(24)13-3-5-16(23)15(19)7-13/h3-8,11-12,23H,9-10H2,1-2H3,(H,21,24)/t11-,12-/m0/s1. The first-order chi connectivity index (χ1) is 11.9. The summed E-state index contributed by atoms with van der Waals surface area (Å²) < 4.78 is 5.73. The summed E-state index contributed by atoms with van der Waals surface area (Å²) >= 11 is 5.83. The highest BCUT2D eigenvalue weighted by Gasteiger charge is 2.23. The number of anilines is 2. The average Bonchev–Trinajstić information content (AvgIpc) is 2.57. The number of hydrogen-bond acceptors (Lipinski definition) is 5. The first kappa shape index (κ1) is 17.5. The fourth-order valence-electron chi connectivity index (χ4n) is 2.86. The smallest absolute Gasteiger partial charge is 0.255 e. The summed E-state index contributed by atoms with van der Waals surface area (Å²) in [6.07, 6.45) is 1.94. The van der Waals surface area contributed by atoms with Gasteiger partial charge < -0.3 is 20.1 Å². The van der Waals surface area contributed by atoms with Gasteiger partial charge in [0.25, 0.3) is 5.91 Å². The van der Waals surface area contributed by atoms with Crippen LogP contribution in [0.4, 0.5) is 11.5 Å². The van der Waals surface area contributed by atoms with Crippen molar-refractivity contribution < 1.29 is 14.6 Å². The second kappa shape index (κ2) is 7.29. The van der Waals surface area contributed by atoms with Crippen LogP contribution in [0.25, 0.3) is 0 Å². The molecule has 1 saturated heterocycles. The van der Waals surface area contributed by atoms with Crippen molar-refractivity contribution in [3.63, 3.8) is 0 Å². The molecule has 2 heterocycles. The van der Waals surface area contributed by atoms with Gasteiger partial charge in [0.2, 0.25) is 0 Å². The Kier molecular flexibility index (Phi) is 5.11. The molecule has 0 radical (unpaired) electrons. The highest BCUT2D eigenvalue weighted by molar-refractivity contribution is 6.32. The predicted octanol–water partition coefficient (Wildman–Crippen LogP) is 3.31. The van der Waals surface area contributed by atoms with Crippen LogP contribution in [0.2, 0.25) is 5.02 Å². The monoisotopic (exact) mass is 361 g/mol. The number of halogens is 1. The predicted molar refractivity (Wildman–Crippen MR) is 97.5 cm³/mol. The van der Waals surface area contributed by atoms with Gasteiger partial charge in [-0.1, -0.05) is 11.6 Å². The van der Waals surface area contributed by atoms with E-state index in [-0.39, 0.29) is 28.9 Å². The van der Waals surface area contributed by atoms with Gasteiger partial charge in [-0.15, -0.1) is 0 Å². The molecule has 0 unspecified atom stereocenters. The third kappa shape index (κ3) is 4.21. The van der Waals surface area contributed by atoms with E-state index >= 15 is 0 Å². The van der Waals surface area contributed by atoms with Crippen LogP contribution in [0.15, 0.2) is 36.5 Å². The third-order valence-electron chi connectivity index (χ3n) is 3.96. The van der Waals surface area contributed by atoms with Gasteiger partial charge in [-0.2, -0.15) is 0 Å². The summed E-state index contributed by atoms with van der Waals surface area (Å²) in [6, 6.07) is 8.01. The number of nitrogens with one attached hydrogen (secondary N) is 1. The molecule has 0 saturated carbocycles. The highest BCUT2D eigenvalue weighted by atomic mass is 35.5. The van der Waals surface area contributed by atoms with Crippen LogP contribution >= 0.6 is 11.6 Å². The molecule has 1 aliphatic rings. The van der Waals surface area contributed by atoms with Gasteiger partial charge in [-0.05, 0) is 44.2 Å². The Bertz CT molecular complexity index is 757. The number of rotatable bonds is 3. The van der Waals surface area contributed by atoms with Crippen LogP contribution in [0.3, 0.4) is 0 Å². The van der Waals surface area contributed by atoms with Gasteiger partial charge in [0, 0.05) is 18.7 Å². The molecule has 0 bridgehead atoms. The largest absolute Gasteiger partial charge is 0.506 e. The topological polar surface area (TPSA) is 74.7 Å². The van der Waals surface area contributed by atoms with E-state index in [1.165, 1.54) is 18.2 Å². The molecule has 0 aliphatic carbocycles. The fourth-order valence-corrected chi connectivity index (χ4v) is 3.04. The first-order valence-electron chi connectivity index (χ1n) is 8.08. The fraction of sp³-hybridized carbons (Fsp3) is 0.333. The van der Waals surface area contributed by atoms with Crippen molar-refractivity contribution in [2.24, 2.45) is 0 Å². The van der Waals surface area contributed by atoms with Gasteiger partial charge in [0.1, 0.15) is 11.6 Å². The van der Waals surface area contributed by atoms with Crippen molar-refractivity contribution in [1.82, 2.24) is 4.98 Å². The maximum absolute atomic E-state index is 12.2. The molecule has 25 heavy (non-hydrogen) atoms. The molecule has 1 aliphatic heterocycles. The molecular weight excluding hydrogens is 342 g/mol. The zero-order valence-corrected chi connectivity index (χ0v) is 14.8. The lowest BCUT2D eigenvalue weighted by Crippen LogP contribution is -2.45. The molecule has 1 amide bonds. The second-order valence-electron chi connectivity index (χ2n) is 6.19. The molecule has 2 N–H and O–H groups in total. The highest BCUT2D eigenvalue weighted by Crippen LogP contribution is 2.24. The lowest BCUT2D eigenvalue weighted by molar-refractivity contribution is -0.00545. The lowest BCUT2D eigenvalue weighted by Gasteiger charge is -2.36. The number of carbonyl (C=O) groups excluding carboxylic acids is 1. The quantitative estimate of drug-likeness (QED) is 0.877. The van der Waals surface area contributed by atoms with E-state index in [0.717, 1.165) is 18.9 Å². The minimum absolute atomic E-state index is 0.0572. The number of aromatic nitrogens is 1. The van der Waals surface area contributed by atoms with Crippen LogP contribution in [0.5, 0.6) is 5.75 Å². The van der Waals surface area contributed by atoms with Crippen LogP contribution in [-0.2, 0) is 4.74 Å². The Hall–Kier alpha value is -2.31. The van der Waals surface area contributed by atoms with E-state index in [4.69, 9.17) is 16.3 Å². The minimum Gasteiger partial charge on any atom is -0.506 e. The first-order valence-corrected chi connectivity index (χ1v) is 8.46. The summed E-state index contributed by atoms with van der Waals surface area (Å²) in [5, 5.41) is 12.3. The number of amides is 1. The molecule has 2 atom stereocenters. The number of hydrogen-bond donors (Lipinski definition) is 2. The van der Waals surface area contributed by atoms with Crippen LogP contribution < -0.4 is 10.2 Å². The van der Waals surface area contributed by atoms with E-state index in [0.29, 0.717) is 11.3 Å². The van der Waals surface area contributed by atoms with Crippen LogP contribution in [0, 0.1) is 0 Å². The summed E-state index contributed by atoms with van der Waals surface area (Å²) in [6.45, 7) is 5.66. The van der Waals surface area contributed by atoms with E-state index in [1.807, 2.05) is 26.0 Å². The van der Waals surface area contributed by atoms with Gasteiger partial charge in [0.05, 0.1) is 29.1 Å². The Morgan fingerprint density at radius 3 is 2.60 bits per heavy atom. The number of nitrogens with zero attached hydrogens (tertiary/aromatic N) is 2. The number of pyridine rings is 1. The van der Waals surface area contributed by atoms with Gasteiger partial charge >= 0.3 is 0 Å². The minimum atomic E-state index is -0.315. The Morgan fingerprint density at radius 2 is 2.00 bits per heavy atom. The number of phenols is 1. The number of ether oxygens (including phenoxy) is 1. The Labute approximate surface area is 151 Å². The van der Waals surface area contributed by atoms with E-state index in [9.17, 15) is 9.90 Å². The molecule has 1 aromatic carbocycles. The molecule has 7 heteroatoms. The number of aromatic hydroxyl groups is 1.